The van der Waals surface area contributed by atoms with E-state index < -0.39 is 11.1 Å². The van der Waals surface area contributed by atoms with E-state index in [0.717, 1.165) is 32.5 Å². The van der Waals surface area contributed by atoms with Gasteiger partial charge in [-0.25, -0.2) is 0 Å². The molecule has 0 atom stereocenters. The Labute approximate surface area is 93.6 Å². The first-order chi connectivity index (χ1) is 6.74. The van der Waals surface area contributed by atoms with Gasteiger partial charge >= 0.3 is 0 Å². The van der Waals surface area contributed by atoms with Crippen LogP contribution in [-0.2, 0) is 0 Å². The van der Waals surface area contributed by atoms with E-state index in [2.05, 4.69) is 18.7 Å². The minimum atomic E-state index is -0.680. The van der Waals surface area contributed by atoms with Crippen molar-refractivity contribution in [3.05, 3.63) is 0 Å². The van der Waals surface area contributed by atoms with E-state index in [1.54, 1.807) is 0 Å². The standard InChI is InChI=1S/C12H26N2O/c1-10(2)9-14-7-5-12(15,6-8-14)11(3,4)13/h10,15H,5-9,13H2,1-4H3. The summed E-state index contributed by atoms with van der Waals surface area (Å²) in [5.41, 5.74) is 4.85. The van der Waals surface area contributed by atoms with Gasteiger partial charge in [-0.2, -0.15) is 0 Å². The van der Waals surface area contributed by atoms with Crippen molar-refractivity contribution in [2.75, 3.05) is 19.6 Å². The fraction of sp³-hybridized carbons (Fsp3) is 1.00. The maximum atomic E-state index is 10.4. The molecule has 1 rings (SSSR count). The summed E-state index contributed by atoms with van der Waals surface area (Å²) in [6.07, 6.45) is 1.59. The van der Waals surface area contributed by atoms with Crippen molar-refractivity contribution < 1.29 is 5.11 Å². The van der Waals surface area contributed by atoms with Gasteiger partial charge in [0.2, 0.25) is 0 Å². The van der Waals surface area contributed by atoms with Gasteiger partial charge in [0.05, 0.1) is 5.60 Å². The van der Waals surface area contributed by atoms with Gasteiger partial charge in [-0.05, 0) is 32.6 Å². The molecule has 0 aromatic carbocycles. The number of piperidine rings is 1. The molecular weight excluding hydrogens is 188 g/mol. The summed E-state index contributed by atoms with van der Waals surface area (Å²) < 4.78 is 0. The maximum Gasteiger partial charge on any atom is 0.0845 e. The van der Waals surface area contributed by atoms with E-state index in [4.69, 9.17) is 5.73 Å². The number of nitrogens with zero attached hydrogens (tertiary/aromatic N) is 1. The fourth-order valence-corrected chi connectivity index (χ4v) is 2.27. The van der Waals surface area contributed by atoms with Crippen LogP contribution in [0.4, 0.5) is 0 Å². The summed E-state index contributed by atoms with van der Waals surface area (Å²) in [5.74, 6) is 0.696. The predicted octanol–water partition coefficient (Wildman–Crippen LogP) is 1.21. The number of likely N-dealkylation sites (tertiary alicyclic amines) is 1. The van der Waals surface area contributed by atoms with Crippen LogP contribution < -0.4 is 5.73 Å². The Morgan fingerprint density at radius 1 is 1.33 bits per heavy atom. The van der Waals surface area contributed by atoms with Gasteiger partial charge in [-0.3, -0.25) is 0 Å². The molecule has 0 spiro atoms. The molecule has 1 heterocycles. The molecule has 0 radical (unpaired) electrons. The topological polar surface area (TPSA) is 49.5 Å². The van der Waals surface area contributed by atoms with Gasteiger partial charge in [0.25, 0.3) is 0 Å². The van der Waals surface area contributed by atoms with Crippen LogP contribution in [0.2, 0.25) is 0 Å². The summed E-state index contributed by atoms with van der Waals surface area (Å²) in [6, 6.07) is 0. The van der Waals surface area contributed by atoms with Gasteiger partial charge in [0.15, 0.2) is 0 Å². The first-order valence-corrected chi connectivity index (χ1v) is 5.98. The van der Waals surface area contributed by atoms with E-state index in [0.29, 0.717) is 5.92 Å². The van der Waals surface area contributed by atoms with Crippen LogP contribution in [0.5, 0.6) is 0 Å². The second kappa shape index (κ2) is 4.40. The van der Waals surface area contributed by atoms with Crippen LogP contribution in [0, 0.1) is 5.92 Å². The van der Waals surface area contributed by atoms with Crippen LogP contribution in [0.15, 0.2) is 0 Å². The minimum Gasteiger partial charge on any atom is -0.388 e. The molecule has 3 heteroatoms. The smallest absolute Gasteiger partial charge is 0.0845 e. The first-order valence-electron chi connectivity index (χ1n) is 5.98. The minimum absolute atomic E-state index is 0.489. The van der Waals surface area contributed by atoms with Crippen molar-refractivity contribution in [2.24, 2.45) is 11.7 Å². The molecular formula is C12H26N2O. The molecule has 1 aliphatic heterocycles. The Morgan fingerprint density at radius 3 is 2.13 bits per heavy atom. The highest BCUT2D eigenvalue weighted by molar-refractivity contribution is 5.00. The Morgan fingerprint density at radius 2 is 1.80 bits per heavy atom. The van der Waals surface area contributed by atoms with Gasteiger partial charge < -0.3 is 15.7 Å². The summed E-state index contributed by atoms with van der Waals surface area (Å²) in [6.45, 7) is 11.4. The number of rotatable bonds is 3. The summed E-state index contributed by atoms with van der Waals surface area (Å²) >= 11 is 0. The molecule has 3 N–H and O–H groups in total. The van der Waals surface area contributed by atoms with E-state index >= 15 is 0 Å². The Balaban J connectivity index is 2.48. The second-order valence-corrected chi connectivity index (χ2v) is 5.95. The van der Waals surface area contributed by atoms with Crippen molar-refractivity contribution in [2.45, 2.75) is 51.7 Å². The third-order valence-corrected chi connectivity index (χ3v) is 3.51. The number of nitrogens with two attached hydrogens (primary N) is 1. The van der Waals surface area contributed by atoms with Crippen LogP contribution in [0.1, 0.15) is 40.5 Å². The monoisotopic (exact) mass is 214 g/mol. The van der Waals surface area contributed by atoms with Gasteiger partial charge in [0.1, 0.15) is 0 Å². The SMILES string of the molecule is CC(C)CN1CCC(O)(C(C)(C)N)CC1. The Bertz CT molecular complexity index is 200. The fourth-order valence-electron chi connectivity index (χ4n) is 2.27. The molecule has 3 nitrogen and oxygen atoms in total. The van der Waals surface area contributed by atoms with Crippen LogP contribution in [-0.4, -0.2) is 40.8 Å². The van der Waals surface area contributed by atoms with Crippen LogP contribution >= 0.6 is 0 Å². The van der Waals surface area contributed by atoms with Gasteiger partial charge in [0, 0.05) is 25.2 Å². The van der Waals surface area contributed by atoms with Gasteiger partial charge in [-0.1, -0.05) is 13.8 Å². The summed E-state index contributed by atoms with van der Waals surface area (Å²) in [4.78, 5) is 2.42. The zero-order valence-corrected chi connectivity index (χ0v) is 10.6. The highest BCUT2D eigenvalue weighted by atomic mass is 16.3. The van der Waals surface area contributed by atoms with Crippen molar-refractivity contribution in [1.29, 1.82) is 0 Å². The van der Waals surface area contributed by atoms with E-state index in [1.165, 1.54) is 0 Å². The van der Waals surface area contributed by atoms with E-state index in [1.807, 2.05) is 13.8 Å². The number of hydrogen-bond donors (Lipinski definition) is 2. The molecule has 0 aliphatic carbocycles. The lowest BCUT2D eigenvalue weighted by molar-refractivity contribution is -0.0701. The van der Waals surface area contributed by atoms with Crippen LogP contribution in [0.3, 0.4) is 0 Å². The number of hydrogen-bond acceptors (Lipinski definition) is 3. The summed E-state index contributed by atoms with van der Waals surface area (Å²) in [7, 11) is 0. The Hall–Kier alpha value is -0.120. The lowest BCUT2D eigenvalue weighted by Gasteiger charge is -2.46. The summed E-state index contributed by atoms with van der Waals surface area (Å²) in [5, 5.41) is 10.4. The van der Waals surface area contributed by atoms with Crippen molar-refractivity contribution in [3.63, 3.8) is 0 Å². The second-order valence-electron chi connectivity index (χ2n) is 5.95. The first kappa shape index (κ1) is 12.9. The molecule has 0 bridgehead atoms. The predicted molar refractivity (Wildman–Crippen MR) is 63.7 cm³/mol. The van der Waals surface area contributed by atoms with Crippen molar-refractivity contribution >= 4 is 0 Å². The molecule has 0 saturated carbocycles. The average Bonchev–Trinajstić information content (AvgIpc) is 2.06. The highest BCUT2D eigenvalue weighted by Crippen LogP contribution is 2.31. The molecule has 0 unspecified atom stereocenters. The third kappa shape index (κ3) is 3.16. The van der Waals surface area contributed by atoms with Crippen molar-refractivity contribution in [3.8, 4) is 0 Å². The molecule has 1 saturated heterocycles. The lowest BCUT2D eigenvalue weighted by Crippen LogP contribution is -2.61. The molecule has 1 fully saturated rings. The quantitative estimate of drug-likeness (QED) is 0.742. The molecule has 0 amide bonds. The Kier molecular flexibility index (Phi) is 3.80. The molecule has 90 valence electrons. The average molecular weight is 214 g/mol. The molecule has 0 aromatic rings. The highest BCUT2D eigenvalue weighted by Gasteiger charge is 2.42. The normalized spacial score (nSPS) is 23.4. The zero-order valence-electron chi connectivity index (χ0n) is 10.6. The number of aliphatic hydroxyl groups is 1. The van der Waals surface area contributed by atoms with E-state index in [-0.39, 0.29) is 0 Å². The maximum absolute atomic E-state index is 10.4. The largest absolute Gasteiger partial charge is 0.388 e. The molecule has 15 heavy (non-hydrogen) atoms. The van der Waals surface area contributed by atoms with Gasteiger partial charge in [-0.15, -0.1) is 0 Å². The lowest BCUT2D eigenvalue weighted by atomic mass is 9.76. The molecule has 1 aliphatic rings. The van der Waals surface area contributed by atoms with Crippen molar-refractivity contribution in [1.82, 2.24) is 4.90 Å². The zero-order chi connectivity index (χ0) is 11.7. The molecule has 0 aromatic heterocycles. The van der Waals surface area contributed by atoms with Crippen LogP contribution in [0.25, 0.3) is 0 Å². The third-order valence-electron chi connectivity index (χ3n) is 3.51. The van der Waals surface area contributed by atoms with E-state index in [9.17, 15) is 5.11 Å².